The van der Waals surface area contributed by atoms with Gasteiger partial charge in [0.15, 0.2) is 0 Å². The molecule has 8 heteroatoms. The molecule has 0 saturated carbocycles. The van der Waals surface area contributed by atoms with Crippen LogP contribution >= 0.6 is 0 Å². The Morgan fingerprint density at radius 1 is 1.12 bits per heavy atom. The monoisotopic (exact) mass is 375 g/mol. The topological polar surface area (TPSA) is 92.5 Å². The summed E-state index contributed by atoms with van der Waals surface area (Å²) in [4.78, 5) is 10.5. The van der Waals surface area contributed by atoms with Crippen molar-refractivity contribution in [1.82, 2.24) is 4.31 Å². The van der Waals surface area contributed by atoms with Gasteiger partial charge in [-0.2, -0.15) is 4.31 Å². The first-order valence-corrected chi connectivity index (χ1v) is 9.90. The molecule has 1 saturated heterocycles. The van der Waals surface area contributed by atoms with Crippen LogP contribution in [0.2, 0.25) is 0 Å². The number of benzene rings is 2. The van der Waals surface area contributed by atoms with Crippen molar-refractivity contribution in [3.8, 4) is 0 Å². The number of non-ortho nitro benzene ring substituents is 1. The fourth-order valence-electron chi connectivity index (χ4n) is 2.95. The van der Waals surface area contributed by atoms with Crippen LogP contribution in [0.25, 0.3) is 0 Å². The highest BCUT2D eigenvalue weighted by Crippen LogP contribution is 2.31. The molecule has 1 fully saturated rings. The number of hydrogen-bond acceptors (Lipinski definition) is 5. The van der Waals surface area contributed by atoms with Gasteiger partial charge in [0.1, 0.15) is 4.90 Å². The number of aryl methyl sites for hydroxylation is 1. The molecule has 1 N–H and O–H groups in total. The molecular formula is C18H21N3O4S. The van der Waals surface area contributed by atoms with Gasteiger partial charge < -0.3 is 5.32 Å². The normalized spacial score (nSPS) is 15.1. The highest BCUT2D eigenvalue weighted by molar-refractivity contribution is 7.89. The quantitative estimate of drug-likeness (QED) is 0.618. The summed E-state index contributed by atoms with van der Waals surface area (Å²) in [5, 5.41) is 14.2. The zero-order valence-electron chi connectivity index (χ0n) is 14.5. The van der Waals surface area contributed by atoms with E-state index in [4.69, 9.17) is 0 Å². The van der Waals surface area contributed by atoms with Gasteiger partial charge in [0.25, 0.3) is 5.69 Å². The first kappa shape index (κ1) is 18.3. The lowest BCUT2D eigenvalue weighted by Gasteiger charge is -2.19. The molecule has 0 spiro atoms. The molecule has 1 aliphatic rings. The molecule has 0 atom stereocenters. The number of sulfonamides is 1. The van der Waals surface area contributed by atoms with Crippen molar-refractivity contribution >= 4 is 21.4 Å². The van der Waals surface area contributed by atoms with Gasteiger partial charge in [-0.3, -0.25) is 10.1 Å². The summed E-state index contributed by atoms with van der Waals surface area (Å²) in [6.07, 6.45) is 1.61. The smallest absolute Gasteiger partial charge is 0.270 e. The van der Waals surface area contributed by atoms with Gasteiger partial charge in [0.05, 0.1) is 10.6 Å². The average Bonchev–Trinajstić information content (AvgIpc) is 3.16. The molecule has 3 rings (SSSR count). The fourth-order valence-corrected chi connectivity index (χ4v) is 4.66. The Labute approximate surface area is 152 Å². The van der Waals surface area contributed by atoms with Crippen LogP contribution in [0.3, 0.4) is 0 Å². The third-order valence-electron chi connectivity index (χ3n) is 4.46. The van der Waals surface area contributed by atoms with Gasteiger partial charge in [-0.05, 0) is 31.4 Å². The van der Waals surface area contributed by atoms with Gasteiger partial charge in [-0.15, -0.1) is 0 Å². The summed E-state index contributed by atoms with van der Waals surface area (Å²) in [6, 6.07) is 11.8. The second-order valence-corrected chi connectivity index (χ2v) is 8.29. The molecular weight excluding hydrogens is 354 g/mol. The molecule has 0 aromatic heterocycles. The van der Waals surface area contributed by atoms with Crippen LogP contribution in [0.1, 0.15) is 24.0 Å². The molecule has 26 heavy (non-hydrogen) atoms. The average molecular weight is 375 g/mol. The van der Waals surface area contributed by atoms with Crippen molar-refractivity contribution in [2.24, 2.45) is 0 Å². The van der Waals surface area contributed by atoms with Crippen molar-refractivity contribution in [3.63, 3.8) is 0 Å². The van der Waals surface area contributed by atoms with Crippen LogP contribution in [-0.2, 0) is 16.6 Å². The molecule has 0 unspecified atom stereocenters. The predicted octanol–water partition coefficient (Wildman–Crippen LogP) is 3.30. The maximum absolute atomic E-state index is 12.9. The predicted molar refractivity (Wildman–Crippen MR) is 99.6 cm³/mol. The first-order chi connectivity index (χ1) is 12.4. The minimum absolute atomic E-state index is 0.0410. The zero-order valence-corrected chi connectivity index (χ0v) is 15.3. The van der Waals surface area contributed by atoms with E-state index in [0.29, 0.717) is 25.3 Å². The lowest BCUT2D eigenvalue weighted by Crippen LogP contribution is -2.28. The molecule has 2 aromatic carbocycles. The van der Waals surface area contributed by atoms with Crippen LogP contribution in [-0.4, -0.2) is 30.7 Å². The molecule has 1 aliphatic heterocycles. The molecule has 0 amide bonds. The van der Waals surface area contributed by atoms with E-state index < -0.39 is 14.9 Å². The van der Waals surface area contributed by atoms with Crippen LogP contribution < -0.4 is 5.32 Å². The maximum atomic E-state index is 12.9. The van der Waals surface area contributed by atoms with Gasteiger partial charge in [-0.25, -0.2) is 8.42 Å². The van der Waals surface area contributed by atoms with Crippen LogP contribution in [0.15, 0.2) is 47.4 Å². The summed E-state index contributed by atoms with van der Waals surface area (Å²) in [6.45, 7) is 3.32. The molecule has 1 heterocycles. The second-order valence-electron chi connectivity index (χ2n) is 6.39. The van der Waals surface area contributed by atoms with Gasteiger partial charge in [0.2, 0.25) is 10.0 Å². The first-order valence-electron chi connectivity index (χ1n) is 8.46. The third kappa shape index (κ3) is 3.86. The molecule has 0 bridgehead atoms. The summed E-state index contributed by atoms with van der Waals surface area (Å²) in [7, 11) is -3.77. The Balaban J connectivity index is 1.93. The van der Waals surface area contributed by atoms with Gasteiger partial charge >= 0.3 is 0 Å². The SMILES string of the molecule is Cc1ccc(CNc2ccc([N+](=O)[O-])cc2S(=O)(=O)N2CCCC2)cc1. The number of anilines is 1. The second kappa shape index (κ2) is 7.43. The van der Waals surface area contributed by atoms with E-state index in [2.05, 4.69) is 5.32 Å². The summed E-state index contributed by atoms with van der Waals surface area (Å²) >= 11 is 0. The Hall–Kier alpha value is -2.45. The Morgan fingerprint density at radius 3 is 2.38 bits per heavy atom. The molecule has 0 aliphatic carbocycles. The van der Waals surface area contributed by atoms with Crippen molar-refractivity contribution in [2.45, 2.75) is 31.2 Å². The van der Waals surface area contributed by atoms with Crippen molar-refractivity contribution in [2.75, 3.05) is 18.4 Å². The molecule has 7 nitrogen and oxygen atoms in total. The molecule has 0 radical (unpaired) electrons. The van der Waals surface area contributed by atoms with Crippen LogP contribution in [0, 0.1) is 17.0 Å². The summed E-state index contributed by atoms with van der Waals surface area (Å²) < 4.78 is 27.3. The van der Waals surface area contributed by atoms with E-state index in [0.717, 1.165) is 30.0 Å². The minimum atomic E-state index is -3.77. The summed E-state index contributed by atoms with van der Waals surface area (Å²) in [5.41, 5.74) is 2.28. The van der Waals surface area contributed by atoms with E-state index in [1.807, 2.05) is 31.2 Å². The number of nitrogens with one attached hydrogen (secondary N) is 1. The van der Waals surface area contributed by atoms with E-state index >= 15 is 0 Å². The Bertz CT molecular complexity index is 905. The van der Waals surface area contributed by atoms with Crippen molar-refractivity contribution in [1.29, 1.82) is 0 Å². The largest absolute Gasteiger partial charge is 0.380 e. The molecule has 138 valence electrons. The van der Waals surface area contributed by atoms with Gasteiger partial charge in [-0.1, -0.05) is 29.8 Å². The molecule has 2 aromatic rings. The van der Waals surface area contributed by atoms with Gasteiger partial charge in [0, 0.05) is 31.8 Å². The highest BCUT2D eigenvalue weighted by atomic mass is 32.2. The number of nitrogens with zero attached hydrogens (tertiary/aromatic N) is 2. The summed E-state index contributed by atoms with van der Waals surface area (Å²) in [5.74, 6) is 0. The standard InChI is InChI=1S/C18H21N3O4S/c1-14-4-6-15(7-5-14)13-19-17-9-8-16(21(22)23)12-18(17)26(24,25)20-10-2-3-11-20/h4-9,12,19H,2-3,10-11,13H2,1H3. The maximum Gasteiger partial charge on any atom is 0.270 e. The van der Waals surface area contributed by atoms with E-state index in [1.165, 1.54) is 16.4 Å². The number of rotatable bonds is 6. The van der Waals surface area contributed by atoms with Crippen LogP contribution in [0.5, 0.6) is 0 Å². The minimum Gasteiger partial charge on any atom is -0.380 e. The Morgan fingerprint density at radius 2 is 1.77 bits per heavy atom. The van der Waals surface area contributed by atoms with Crippen molar-refractivity contribution < 1.29 is 13.3 Å². The third-order valence-corrected chi connectivity index (χ3v) is 6.40. The zero-order chi connectivity index (χ0) is 18.7. The van der Waals surface area contributed by atoms with E-state index in [1.54, 1.807) is 0 Å². The number of nitro groups is 1. The van der Waals surface area contributed by atoms with Crippen LogP contribution in [0.4, 0.5) is 11.4 Å². The highest BCUT2D eigenvalue weighted by Gasteiger charge is 2.30. The lowest BCUT2D eigenvalue weighted by molar-refractivity contribution is -0.385. The number of nitro benzene ring substituents is 1. The van der Waals surface area contributed by atoms with E-state index in [9.17, 15) is 18.5 Å². The van der Waals surface area contributed by atoms with Crippen molar-refractivity contribution in [3.05, 3.63) is 63.7 Å². The van der Waals surface area contributed by atoms with E-state index in [-0.39, 0.29) is 10.6 Å². The lowest BCUT2D eigenvalue weighted by atomic mass is 10.1. The Kier molecular flexibility index (Phi) is 5.24. The fraction of sp³-hybridized carbons (Fsp3) is 0.333. The number of hydrogen-bond donors (Lipinski definition) is 1.